The second kappa shape index (κ2) is 9.15. The van der Waals surface area contributed by atoms with Gasteiger partial charge in [0.05, 0.1) is 12.2 Å². The predicted octanol–water partition coefficient (Wildman–Crippen LogP) is 1.65. The molecular weight excluding hydrogens is 431 g/mol. The molecule has 1 aliphatic heterocycles. The number of aromatic amines is 1. The van der Waals surface area contributed by atoms with Crippen molar-refractivity contribution in [2.45, 2.75) is 25.4 Å². The minimum absolute atomic E-state index is 0.103. The van der Waals surface area contributed by atoms with Crippen molar-refractivity contribution in [1.82, 2.24) is 29.7 Å². The minimum atomic E-state index is -0.877. The zero-order chi connectivity index (χ0) is 23.5. The van der Waals surface area contributed by atoms with Crippen LogP contribution in [0.4, 0.5) is 4.39 Å². The van der Waals surface area contributed by atoms with Crippen LogP contribution in [-0.2, 0) is 6.54 Å². The van der Waals surface area contributed by atoms with Gasteiger partial charge in [0, 0.05) is 32.5 Å². The van der Waals surface area contributed by atoms with Crippen LogP contribution >= 0.6 is 0 Å². The highest BCUT2D eigenvalue weighted by atomic mass is 19.1. The number of aromatic hydroxyl groups is 1. The van der Waals surface area contributed by atoms with Crippen LogP contribution in [0.25, 0.3) is 0 Å². The second-order valence-corrected chi connectivity index (χ2v) is 7.68. The average molecular weight is 452 g/mol. The number of likely N-dealkylation sites (tertiary alicyclic amines) is 1. The lowest BCUT2D eigenvalue weighted by molar-refractivity contribution is 0.0722. The van der Waals surface area contributed by atoms with E-state index in [0.29, 0.717) is 24.9 Å². The van der Waals surface area contributed by atoms with E-state index in [0.717, 1.165) is 0 Å². The number of aromatic nitrogens is 4. The first-order valence-corrected chi connectivity index (χ1v) is 10.2. The number of hydrogen-bond acceptors (Lipinski definition) is 7. The Labute approximate surface area is 187 Å². The maximum atomic E-state index is 13.1. The molecule has 0 bridgehead atoms. The number of H-pyrrole nitrogens is 1. The highest BCUT2D eigenvalue weighted by Gasteiger charge is 2.34. The van der Waals surface area contributed by atoms with Crippen molar-refractivity contribution in [3.05, 3.63) is 81.8 Å². The van der Waals surface area contributed by atoms with Crippen molar-refractivity contribution < 1.29 is 19.1 Å². The van der Waals surface area contributed by atoms with Crippen molar-refractivity contribution in [1.29, 1.82) is 0 Å². The van der Waals surface area contributed by atoms with Crippen LogP contribution in [0.5, 0.6) is 5.75 Å². The van der Waals surface area contributed by atoms with E-state index in [-0.39, 0.29) is 24.0 Å². The number of hydrogen-bond donors (Lipinski definition) is 2. The SMILES string of the molecule is CN(Cc1ccc(F)cc1)C(=O)c1nc(C2CCCN2C(=O)c2cnccn2)[nH]c(=O)c1O. The van der Waals surface area contributed by atoms with Gasteiger partial charge < -0.3 is 19.9 Å². The van der Waals surface area contributed by atoms with Crippen LogP contribution < -0.4 is 5.56 Å². The summed E-state index contributed by atoms with van der Waals surface area (Å²) in [5.41, 5.74) is -0.483. The number of halogens is 1. The van der Waals surface area contributed by atoms with Gasteiger partial charge in [-0.25, -0.2) is 14.4 Å². The Morgan fingerprint density at radius 2 is 2.03 bits per heavy atom. The zero-order valence-electron chi connectivity index (χ0n) is 17.7. The fourth-order valence-corrected chi connectivity index (χ4v) is 3.76. The molecule has 170 valence electrons. The Hall–Kier alpha value is -4.15. The lowest BCUT2D eigenvalue weighted by Gasteiger charge is -2.24. The second-order valence-electron chi connectivity index (χ2n) is 7.68. The molecule has 2 amide bonds. The predicted molar refractivity (Wildman–Crippen MR) is 114 cm³/mol. The molecule has 1 unspecified atom stereocenters. The lowest BCUT2D eigenvalue weighted by Crippen LogP contribution is -2.34. The number of rotatable bonds is 5. The molecule has 1 atom stereocenters. The highest BCUT2D eigenvalue weighted by Crippen LogP contribution is 2.31. The molecule has 33 heavy (non-hydrogen) atoms. The fourth-order valence-electron chi connectivity index (χ4n) is 3.76. The van der Waals surface area contributed by atoms with Crippen LogP contribution in [0.1, 0.15) is 51.2 Å². The first-order chi connectivity index (χ1) is 15.8. The molecule has 0 aliphatic carbocycles. The minimum Gasteiger partial charge on any atom is -0.501 e. The lowest BCUT2D eigenvalue weighted by atomic mass is 10.1. The topological polar surface area (TPSA) is 132 Å². The van der Waals surface area contributed by atoms with Gasteiger partial charge in [-0.3, -0.25) is 19.4 Å². The summed E-state index contributed by atoms with van der Waals surface area (Å²) in [5.74, 6) is -2.16. The average Bonchev–Trinajstić information content (AvgIpc) is 3.32. The molecule has 11 heteroatoms. The van der Waals surface area contributed by atoms with E-state index in [4.69, 9.17) is 0 Å². The normalized spacial score (nSPS) is 15.5. The summed E-state index contributed by atoms with van der Waals surface area (Å²) in [4.78, 5) is 55.7. The van der Waals surface area contributed by atoms with Crippen LogP contribution in [0.15, 0.2) is 47.7 Å². The van der Waals surface area contributed by atoms with Crippen LogP contribution in [0.3, 0.4) is 0 Å². The maximum absolute atomic E-state index is 13.1. The quantitative estimate of drug-likeness (QED) is 0.602. The molecular formula is C22H21FN6O4. The summed E-state index contributed by atoms with van der Waals surface area (Å²) in [6, 6.07) is 5.02. The number of benzene rings is 1. The van der Waals surface area contributed by atoms with Gasteiger partial charge in [-0.15, -0.1) is 0 Å². The van der Waals surface area contributed by atoms with Crippen LogP contribution in [0.2, 0.25) is 0 Å². The molecule has 3 aromatic rings. The number of carbonyl (C=O) groups is 2. The van der Waals surface area contributed by atoms with Gasteiger partial charge >= 0.3 is 0 Å². The maximum Gasteiger partial charge on any atom is 0.294 e. The summed E-state index contributed by atoms with van der Waals surface area (Å²) in [5, 5.41) is 10.2. The summed E-state index contributed by atoms with van der Waals surface area (Å²) < 4.78 is 13.1. The fraction of sp³-hybridized carbons (Fsp3) is 0.273. The zero-order valence-corrected chi connectivity index (χ0v) is 17.7. The first kappa shape index (κ1) is 22.1. The molecule has 1 saturated heterocycles. The van der Waals surface area contributed by atoms with Crippen molar-refractivity contribution in [2.75, 3.05) is 13.6 Å². The van der Waals surface area contributed by atoms with E-state index in [1.165, 1.54) is 59.7 Å². The van der Waals surface area contributed by atoms with E-state index in [9.17, 15) is 23.9 Å². The van der Waals surface area contributed by atoms with Crippen molar-refractivity contribution >= 4 is 11.8 Å². The first-order valence-electron chi connectivity index (χ1n) is 10.2. The Bertz CT molecular complexity index is 1230. The summed E-state index contributed by atoms with van der Waals surface area (Å²) in [6.07, 6.45) is 5.39. The van der Waals surface area contributed by atoms with Gasteiger partial charge in [-0.2, -0.15) is 0 Å². The van der Waals surface area contributed by atoms with E-state index in [1.54, 1.807) is 0 Å². The molecule has 0 radical (unpaired) electrons. The Morgan fingerprint density at radius 3 is 2.73 bits per heavy atom. The molecule has 10 nitrogen and oxygen atoms in total. The third-order valence-electron chi connectivity index (χ3n) is 5.41. The Balaban J connectivity index is 1.61. The molecule has 0 spiro atoms. The summed E-state index contributed by atoms with van der Waals surface area (Å²) in [7, 11) is 1.48. The summed E-state index contributed by atoms with van der Waals surface area (Å²) in [6.45, 7) is 0.529. The van der Waals surface area contributed by atoms with E-state index < -0.39 is 34.8 Å². The number of nitrogens with one attached hydrogen (secondary N) is 1. The van der Waals surface area contributed by atoms with Gasteiger partial charge in [0.25, 0.3) is 17.4 Å². The van der Waals surface area contributed by atoms with Crippen LogP contribution in [0, 0.1) is 5.82 Å². The molecule has 3 heterocycles. The molecule has 1 aromatic carbocycles. The molecule has 1 aliphatic rings. The number of amides is 2. The van der Waals surface area contributed by atoms with Gasteiger partial charge in [0.15, 0.2) is 5.69 Å². The smallest absolute Gasteiger partial charge is 0.294 e. The molecule has 2 aromatic heterocycles. The van der Waals surface area contributed by atoms with E-state index in [1.807, 2.05) is 0 Å². The van der Waals surface area contributed by atoms with Crippen molar-refractivity contribution in [2.24, 2.45) is 0 Å². The third-order valence-corrected chi connectivity index (χ3v) is 5.41. The van der Waals surface area contributed by atoms with Crippen molar-refractivity contribution in [3.8, 4) is 5.75 Å². The van der Waals surface area contributed by atoms with Gasteiger partial charge in [0.2, 0.25) is 5.75 Å². The number of carbonyl (C=O) groups excluding carboxylic acids is 2. The van der Waals surface area contributed by atoms with Crippen molar-refractivity contribution in [3.63, 3.8) is 0 Å². The highest BCUT2D eigenvalue weighted by molar-refractivity contribution is 5.94. The monoisotopic (exact) mass is 452 g/mol. The molecule has 0 saturated carbocycles. The van der Waals surface area contributed by atoms with Crippen LogP contribution in [-0.4, -0.2) is 60.2 Å². The Morgan fingerprint density at radius 1 is 1.27 bits per heavy atom. The third kappa shape index (κ3) is 4.56. The largest absolute Gasteiger partial charge is 0.501 e. The van der Waals surface area contributed by atoms with E-state index >= 15 is 0 Å². The molecule has 2 N–H and O–H groups in total. The molecule has 4 rings (SSSR count). The number of nitrogens with zero attached hydrogens (tertiary/aromatic N) is 5. The summed E-state index contributed by atoms with van der Waals surface area (Å²) >= 11 is 0. The Kier molecular flexibility index (Phi) is 6.11. The molecule has 1 fully saturated rings. The van der Waals surface area contributed by atoms with Gasteiger partial charge in [-0.05, 0) is 30.5 Å². The van der Waals surface area contributed by atoms with Gasteiger partial charge in [-0.1, -0.05) is 12.1 Å². The van der Waals surface area contributed by atoms with Gasteiger partial charge in [0.1, 0.15) is 17.3 Å². The van der Waals surface area contributed by atoms with E-state index in [2.05, 4.69) is 19.9 Å². The standard InChI is InChI=1S/C22H21FN6O4/c1-28(12-13-4-6-14(23)7-5-13)22(33)17-18(30)20(31)27-19(26-17)16-3-2-10-29(16)21(32)15-11-24-8-9-25-15/h4-9,11,16,30H,2-3,10,12H2,1H3,(H,26,27,31).